The number of benzene rings is 1. The lowest BCUT2D eigenvalue weighted by atomic mass is 9.87. The first-order valence-electron chi connectivity index (χ1n) is 5.79. The van der Waals surface area contributed by atoms with Crippen molar-refractivity contribution in [2.45, 2.75) is 18.5 Å². The van der Waals surface area contributed by atoms with Gasteiger partial charge in [0.05, 0.1) is 6.04 Å². The third-order valence-electron chi connectivity index (χ3n) is 3.85. The van der Waals surface area contributed by atoms with Crippen molar-refractivity contribution in [1.29, 1.82) is 0 Å². The molecule has 3 saturated heterocycles. The molecule has 88 valence electrons. The maximum Gasteiger partial charge on any atom is 0.244 e. The van der Waals surface area contributed by atoms with Crippen molar-refractivity contribution < 1.29 is 9.59 Å². The topological polar surface area (TPSA) is 40.6 Å². The molecule has 0 aliphatic carbocycles. The van der Waals surface area contributed by atoms with Crippen molar-refractivity contribution >= 4 is 17.9 Å². The summed E-state index contributed by atoms with van der Waals surface area (Å²) in [5.74, 6) is 0.175. The zero-order valence-corrected chi connectivity index (χ0v) is 9.67. The molecule has 0 spiro atoms. The Hall–Kier alpha value is -1.68. The van der Waals surface area contributed by atoms with E-state index in [2.05, 4.69) is 4.90 Å². The summed E-state index contributed by atoms with van der Waals surface area (Å²) in [6.45, 7) is 0.756. The van der Waals surface area contributed by atoms with E-state index >= 15 is 0 Å². The van der Waals surface area contributed by atoms with E-state index in [1.165, 1.54) is 0 Å². The molecule has 17 heavy (non-hydrogen) atoms. The van der Waals surface area contributed by atoms with Gasteiger partial charge in [-0.15, -0.1) is 0 Å². The van der Waals surface area contributed by atoms with E-state index in [4.69, 9.17) is 0 Å². The number of amides is 1. The van der Waals surface area contributed by atoms with E-state index in [1.54, 1.807) is 12.1 Å². The molecule has 4 nitrogen and oxygen atoms in total. The Labute approximate surface area is 99.8 Å². The Morgan fingerprint density at radius 2 is 2.00 bits per heavy atom. The number of anilines is 1. The minimum atomic E-state index is 0.0551. The van der Waals surface area contributed by atoms with Crippen LogP contribution >= 0.6 is 0 Å². The fourth-order valence-electron chi connectivity index (χ4n) is 2.63. The smallest absolute Gasteiger partial charge is 0.244 e. The molecule has 0 N–H and O–H groups in total. The Balaban J connectivity index is 1.85. The summed E-state index contributed by atoms with van der Waals surface area (Å²) in [6.07, 6.45) is 1.80. The molecule has 0 saturated carbocycles. The largest absolute Gasteiger partial charge is 0.309 e. The third-order valence-corrected chi connectivity index (χ3v) is 3.85. The van der Waals surface area contributed by atoms with Gasteiger partial charge in [-0.25, -0.2) is 0 Å². The molecule has 1 aromatic rings. The van der Waals surface area contributed by atoms with Crippen LogP contribution in [-0.4, -0.2) is 42.8 Å². The normalized spacial score (nSPS) is 27.8. The summed E-state index contributed by atoms with van der Waals surface area (Å²) in [4.78, 5) is 26.7. The molecule has 2 bridgehead atoms. The highest BCUT2D eigenvalue weighted by Gasteiger charge is 2.48. The van der Waals surface area contributed by atoms with Gasteiger partial charge in [-0.1, -0.05) is 0 Å². The van der Waals surface area contributed by atoms with Gasteiger partial charge in [0.25, 0.3) is 0 Å². The Morgan fingerprint density at radius 3 is 2.53 bits per heavy atom. The summed E-state index contributed by atoms with van der Waals surface area (Å²) in [5, 5.41) is 0. The number of rotatable bonds is 2. The van der Waals surface area contributed by atoms with Crippen molar-refractivity contribution in [2.24, 2.45) is 0 Å². The lowest BCUT2D eigenvalue weighted by molar-refractivity contribution is -0.135. The van der Waals surface area contributed by atoms with E-state index in [1.807, 2.05) is 24.1 Å². The molecule has 1 aromatic carbocycles. The maximum atomic E-state index is 12.1. The molecule has 3 fully saturated rings. The summed E-state index contributed by atoms with van der Waals surface area (Å²) in [5.41, 5.74) is 1.53. The molecular formula is C13H14N2O2. The number of fused-ring (bicyclic) bond motifs is 2. The van der Waals surface area contributed by atoms with Crippen molar-refractivity contribution in [1.82, 2.24) is 4.90 Å². The first-order chi connectivity index (χ1) is 8.20. The zero-order chi connectivity index (χ0) is 12.0. The molecule has 0 aromatic heterocycles. The Morgan fingerprint density at radius 1 is 1.29 bits per heavy atom. The van der Waals surface area contributed by atoms with Gasteiger partial charge in [-0.05, 0) is 37.7 Å². The molecule has 4 heteroatoms. The van der Waals surface area contributed by atoms with E-state index in [-0.39, 0.29) is 11.9 Å². The number of hydrogen-bond donors (Lipinski definition) is 0. The summed E-state index contributed by atoms with van der Waals surface area (Å²) >= 11 is 0. The van der Waals surface area contributed by atoms with Crippen LogP contribution in [-0.2, 0) is 4.79 Å². The quantitative estimate of drug-likeness (QED) is 0.709. The summed E-state index contributed by atoms with van der Waals surface area (Å²) in [6, 6.07) is 7.72. The molecule has 3 aliphatic rings. The number of hydrogen-bond acceptors (Lipinski definition) is 3. The Bertz CT molecular complexity index is 469. The molecule has 0 radical (unpaired) electrons. The minimum Gasteiger partial charge on any atom is -0.309 e. The fourth-order valence-corrected chi connectivity index (χ4v) is 2.63. The predicted molar refractivity (Wildman–Crippen MR) is 64.1 cm³/mol. The first-order valence-corrected chi connectivity index (χ1v) is 5.79. The molecule has 3 heterocycles. The zero-order valence-electron chi connectivity index (χ0n) is 9.67. The summed E-state index contributed by atoms with van der Waals surface area (Å²) in [7, 11) is 2.00. The molecule has 2 atom stereocenters. The second-order valence-corrected chi connectivity index (χ2v) is 4.73. The maximum absolute atomic E-state index is 12.1. The fraction of sp³-hybridized carbons (Fsp3) is 0.385. The van der Waals surface area contributed by atoms with Gasteiger partial charge >= 0.3 is 0 Å². The minimum absolute atomic E-state index is 0.0551. The Kier molecular flexibility index (Phi) is 2.26. The molecule has 3 aliphatic heterocycles. The predicted octanol–water partition coefficient (Wildman–Crippen LogP) is 0.918. The first kappa shape index (κ1) is 10.5. The molecule has 4 rings (SSSR count). The van der Waals surface area contributed by atoms with Crippen LogP contribution < -0.4 is 4.90 Å². The third kappa shape index (κ3) is 1.48. The second kappa shape index (κ2) is 3.67. The molecule has 2 unspecified atom stereocenters. The van der Waals surface area contributed by atoms with E-state index < -0.39 is 0 Å². The standard InChI is InChI=1S/C13H14N2O2/c1-14-11-6-12(14)13(17)15(7-11)10-4-2-9(8-16)3-5-10/h2-5,8,11-12H,6-7H2,1H3. The van der Waals surface area contributed by atoms with Crippen LogP contribution in [0.2, 0.25) is 0 Å². The van der Waals surface area contributed by atoms with Gasteiger partial charge in [0.2, 0.25) is 5.91 Å². The lowest BCUT2D eigenvalue weighted by Crippen LogP contribution is -2.70. The van der Waals surface area contributed by atoms with Gasteiger partial charge < -0.3 is 4.90 Å². The van der Waals surface area contributed by atoms with Crippen LogP contribution in [0.5, 0.6) is 0 Å². The van der Waals surface area contributed by atoms with Crippen LogP contribution in [0.25, 0.3) is 0 Å². The van der Waals surface area contributed by atoms with Crippen molar-refractivity contribution in [3.05, 3.63) is 29.8 Å². The number of carbonyl (C=O) groups excluding carboxylic acids is 2. The highest BCUT2D eigenvalue weighted by atomic mass is 16.2. The summed E-state index contributed by atoms with van der Waals surface area (Å²) < 4.78 is 0. The number of nitrogens with zero attached hydrogens (tertiary/aromatic N) is 2. The average molecular weight is 230 g/mol. The van der Waals surface area contributed by atoms with E-state index in [0.717, 1.165) is 24.9 Å². The molecule has 1 amide bonds. The van der Waals surface area contributed by atoms with Gasteiger partial charge in [0.15, 0.2) is 0 Å². The van der Waals surface area contributed by atoms with Gasteiger partial charge in [-0.3, -0.25) is 14.5 Å². The number of piperidine rings is 1. The van der Waals surface area contributed by atoms with Gasteiger partial charge in [-0.2, -0.15) is 0 Å². The highest BCUT2D eigenvalue weighted by Crippen LogP contribution is 2.33. The van der Waals surface area contributed by atoms with E-state index in [9.17, 15) is 9.59 Å². The second-order valence-electron chi connectivity index (χ2n) is 4.73. The lowest BCUT2D eigenvalue weighted by Gasteiger charge is -2.53. The number of likely N-dealkylation sites (N-methyl/N-ethyl adjacent to an activating group) is 1. The number of piperazine rings is 1. The van der Waals surface area contributed by atoms with Crippen LogP contribution in [0.15, 0.2) is 24.3 Å². The van der Waals surface area contributed by atoms with Crippen LogP contribution in [0, 0.1) is 0 Å². The van der Waals surface area contributed by atoms with Crippen molar-refractivity contribution in [2.75, 3.05) is 18.5 Å². The van der Waals surface area contributed by atoms with Gasteiger partial charge in [0.1, 0.15) is 6.29 Å². The average Bonchev–Trinajstić information content (AvgIpc) is 2.38. The number of carbonyl (C=O) groups is 2. The van der Waals surface area contributed by atoms with Crippen LogP contribution in [0.3, 0.4) is 0 Å². The highest BCUT2D eigenvalue weighted by molar-refractivity contribution is 5.99. The SMILES string of the molecule is CN1C2CC1C(=O)N(c1ccc(C=O)cc1)C2. The van der Waals surface area contributed by atoms with Gasteiger partial charge in [0, 0.05) is 23.8 Å². The van der Waals surface area contributed by atoms with E-state index in [0.29, 0.717) is 11.6 Å². The van der Waals surface area contributed by atoms with Crippen LogP contribution in [0.1, 0.15) is 16.8 Å². The van der Waals surface area contributed by atoms with Crippen molar-refractivity contribution in [3.63, 3.8) is 0 Å². The monoisotopic (exact) mass is 230 g/mol. The van der Waals surface area contributed by atoms with Crippen LogP contribution in [0.4, 0.5) is 5.69 Å². The number of aldehydes is 1. The van der Waals surface area contributed by atoms with Crippen molar-refractivity contribution in [3.8, 4) is 0 Å². The molecular weight excluding hydrogens is 216 g/mol.